The fourth-order valence-electron chi connectivity index (χ4n) is 2.25. The van der Waals surface area contributed by atoms with E-state index < -0.39 is 14.9 Å². The molecule has 0 saturated heterocycles. The Hall–Kier alpha value is -2.74. The van der Waals surface area contributed by atoms with Gasteiger partial charge in [0.25, 0.3) is 15.7 Å². The zero-order valence-corrected chi connectivity index (χ0v) is 14.8. The number of nitro groups is 1. The maximum Gasteiger partial charge on any atom is 0.276 e. The van der Waals surface area contributed by atoms with Gasteiger partial charge < -0.3 is 0 Å². The Kier molecular flexibility index (Phi) is 5.87. The van der Waals surface area contributed by atoms with E-state index in [4.69, 9.17) is 0 Å². The van der Waals surface area contributed by atoms with Crippen molar-refractivity contribution in [3.8, 4) is 0 Å². The van der Waals surface area contributed by atoms with E-state index in [1.54, 1.807) is 0 Å². The number of hydrogen-bond acceptors (Lipinski definition) is 5. The number of rotatable bonds is 7. The molecule has 25 heavy (non-hydrogen) atoms. The van der Waals surface area contributed by atoms with Gasteiger partial charge in [0.05, 0.1) is 9.82 Å². The summed E-state index contributed by atoms with van der Waals surface area (Å²) in [5, 5.41) is 14.8. The van der Waals surface area contributed by atoms with Crippen molar-refractivity contribution in [3.63, 3.8) is 0 Å². The van der Waals surface area contributed by atoms with E-state index in [1.807, 2.05) is 37.3 Å². The molecule has 0 bridgehead atoms. The maximum absolute atomic E-state index is 12.4. The third kappa shape index (κ3) is 4.87. The van der Waals surface area contributed by atoms with Crippen LogP contribution in [-0.2, 0) is 16.4 Å². The summed E-state index contributed by atoms with van der Waals surface area (Å²) >= 11 is 0. The molecule has 0 fully saturated rings. The Morgan fingerprint density at radius 1 is 1.20 bits per heavy atom. The van der Waals surface area contributed by atoms with Gasteiger partial charge >= 0.3 is 0 Å². The molecule has 0 unspecified atom stereocenters. The van der Waals surface area contributed by atoms with Crippen molar-refractivity contribution < 1.29 is 13.3 Å². The highest BCUT2D eigenvalue weighted by atomic mass is 32.2. The summed E-state index contributed by atoms with van der Waals surface area (Å²) in [5.74, 6) is 0. The minimum atomic E-state index is -3.88. The fourth-order valence-corrected chi connectivity index (χ4v) is 3.19. The Labute approximate surface area is 146 Å². The van der Waals surface area contributed by atoms with Crippen molar-refractivity contribution in [2.75, 3.05) is 0 Å². The predicted octanol–water partition coefficient (Wildman–Crippen LogP) is 3.19. The zero-order valence-electron chi connectivity index (χ0n) is 14.0. The summed E-state index contributed by atoms with van der Waals surface area (Å²) in [6.45, 7) is 3.39. The third-order valence-electron chi connectivity index (χ3n) is 3.66. The number of nitrogens with zero attached hydrogens (tertiary/aromatic N) is 2. The lowest BCUT2D eigenvalue weighted by molar-refractivity contribution is -0.385. The molecule has 2 aromatic rings. The normalized spacial score (nSPS) is 12.0. The molecule has 0 amide bonds. The van der Waals surface area contributed by atoms with E-state index in [-0.39, 0.29) is 16.1 Å². The summed E-state index contributed by atoms with van der Waals surface area (Å²) in [6.07, 6.45) is 1.13. The van der Waals surface area contributed by atoms with E-state index in [1.165, 1.54) is 25.1 Å². The van der Waals surface area contributed by atoms with Crippen LogP contribution in [-0.4, -0.2) is 19.1 Å². The van der Waals surface area contributed by atoms with Gasteiger partial charge in [0.2, 0.25) is 0 Å². The first-order valence-corrected chi connectivity index (χ1v) is 9.18. The lowest BCUT2D eigenvalue weighted by atomic mass is 10.1. The van der Waals surface area contributed by atoms with Crippen LogP contribution in [0.4, 0.5) is 5.69 Å². The molecule has 2 aromatic carbocycles. The summed E-state index contributed by atoms with van der Waals surface area (Å²) in [5.41, 5.74) is 1.87. The van der Waals surface area contributed by atoms with Crippen LogP contribution in [0.3, 0.4) is 0 Å². The number of nitro benzene ring substituents is 1. The molecular formula is C17H19N3O4S. The van der Waals surface area contributed by atoms with Crippen LogP contribution >= 0.6 is 0 Å². The first-order chi connectivity index (χ1) is 11.8. The SMILES string of the molecule is CCC(Cc1ccccc1)=NNS(=O)(=O)c1ccc([N+](=O)[O-])c(C)c1. The molecule has 0 saturated carbocycles. The molecule has 0 aliphatic carbocycles. The van der Waals surface area contributed by atoms with Crippen LogP contribution in [0.2, 0.25) is 0 Å². The highest BCUT2D eigenvalue weighted by Gasteiger charge is 2.18. The van der Waals surface area contributed by atoms with Crippen molar-refractivity contribution in [1.29, 1.82) is 0 Å². The molecule has 0 atom stereocenters. The molecule has 7 nitrogen and oxygen atoms in total. The second-order valence-electron chi connectivity index (χ2n) is 5.49. The van der Waals surface area contributed by atoms with Crippen molar-refractivity contribution in [1.82, 2.24) is 4.83 Å². The minimum absolute atomic E-state index is 0.0606. The van der Waals surface area contributed by atoms with Crippen LogP contribution < -0.4 is 4.83 Å². The summed E-state index contributed by atoms with van der Waals surface area (Å²) in [4.78, 5) is 12.4. The van der Waals surface area contributed by atoms with Crippen molar-refractivity contribution >= 4 is 21.4 Å². The first kappa shape index (κ1) is 18.6. The quantitative estimate of drug-likeness (QED) is 0.465. The highest BCUT2D eigenvalue weighted by molar-refractivity contribution is 7.89. The Morgan fingerprint density at radius 3 is 2.44 bits per heavy atom. The Balaban J connectivity index is 2.19. The predicted molar refractivity (Wildman–Crippen MR) is 96.0 cm³/mol. The van der Waals surface area contributed by atoms with Crippen LogP contribution in [0.1, 0.15) is 24.5 Å². The summed E-state index contributed by atoms with van der Waals surface area (Å²) < 4.78 is 24.7. The van der Waals surface area contributed by atoms with Gasteiger partial charge in [0, 0.05) is 23.8 Å². The number of benzene rings is 2. The van der Waals surface area contributed by atoms with E-state index in [9.17, 15) is 18.5 Å². The highest BCUT2D eigenvalue weighted by Crippen LogP contribution is 2.21. The molecule has 8 heteroatoms. The Bertz CT molecular complexity index is 893. The van der Waals surface area contributed by atoms with Gasteiger partial charge in [-0.15, -0.1) is 0 Å². The standard InChI is InChI=1S/C17H19N3O4S/c1-3-15(12-14-7-5-4-6-8-14)18-19-25(23,24)16-9-10-17(20(21)22)13(2)11-16/h4-11,19H,3,12H2,1-2H3. The molecule has 0 aliphatic rings. The average molecular weight is 361 g/mol. The van der Waals surface area contributed by atoms with Crippen molar-refractivity contribution in [3.05, 3.63) is 69.8 Å². The van der Waals surface area contributed by atoms with Gasteiger partial charge in [0.15, 0.2) is 0 Å². The third-order valence-corrected chi connectivity index (χ3v) is 4.86. The van der Waals surface area contributed by atoms with E-state index in [2.05, 4.69) is 9.93 Å². The largest absolute Gasteiger partial charge is 0.276 e. The van der Waals surface area contributed by atoms with Gasteiger partial charge in [-0.05, 0) is 31.0 Å². The molecule has 0 aromatic heterocycles. The maximum atomic E-state index is 12.4. The monoisotopic (exact) mass is 361 g/mol. The molecule has 132 valence electrons. The summed E-state index contributed by atoms with van der Waals surface area (Å²) in [7, 11) is -3.88. The van der Waals surface area contributed by atoms with Crippen molar-refractivity contribution in [2.24, 2.45) is 5.10 Å². The first-order valence-electron chi connectivity index (χ1n) is 7.69. The van der Waals surface area contributed by atoms with Crippen LogP contribution in [0.25, 0.3) is 0 Å². The second kappa shape index (κ2) is 7.89. The van der Waals surface area contributed by atoms with Gasteiger partial charge in [0.1, 0.15) is 0 Å². The van der Waals surface area contributed by atoms with E-state index in [0.29, 0.717) is 18.6 Å². The van der Waals surface area contributed by atoms with Crippen LogP contribution in [0.15, 0.2) is 58.5 Å². The van der Waals surface area contributed by atoms with E-state index in [0.717, 1.165) is 5.56 Å². The number of nitrogens with one attached hydrogen (secondary N) is 1. The van der Waals surface area contributed by atoms with E-state index >= 15 is 0 Å². The molecule has 0 spiro atoms. The molecule has 1 N–H and O–H groups in total. The topological polar surface area (TPSA) is 102 Å². The smallest absolute Gasteiger partial charge is 0.258 e. The van der Waals surface area contributed by atoms with Gasteiger partial charge in [-0.3, -0.25) is 10.1 Å². The average Bonchev–Trinajstić information content (AvgIpc) is 2.59. The van der Waals surface area contributed by atoms with Crippen LogP contribution in [0, 0.1) is 17.0 Å². The fraction of sp³-hybridized carbons (Fsp3) is 0.235. The number of sulfonamides is 1. The zero-order chi connectivity index (χ0) is 18.4. The molecular weight excluding hydrogens is 342 g/mol. The molecule has 2 rings (SSSR count). The van der Waals surface area contributed by atoms with Crippen molar-refractivity contribution in [2.45, 2.75) is 31.6 Å². The van der Waals surface area contributed by atoms with Gasteiger partial charge in [-0.1, -0.05) is 37.3 Å². The lowest BCUT2D eigenvalue weighted by Gasteiger charge is -2.08. The lowest BCUT2D eigenvalue weighted by Crippen LogP contribution is -2.21. The van der Waals surface area contributed by atoms with Gasteiger partial charge in [-0.2, -0.15) is 13.5 Å². The molecule has 0 aliphatic heterocycles. The minimum Gasteiger partial charge on any atom is -0.258 e. The molecule has 0 radical (unpaired) electrons. The van der Waals surface area contributed by atoms with Crippen LogP contribution in [0.5, 0.6) is 0 Å². The molecule has 0 heterocycles. The number of hydrazone groups is 1. The number of aryl methyl sites for hydroxylation is 1. The number of hydrogen-bond donors (Lipinski definition) is 1. The van der Waals surface area contributed by atoms with Gasteiger partial charge in [-0.25, -0.2) is 4.83 Å². The second-order valence-corrected chi connectivity index (χ2v) is 7.15. The Morgan fingerprint density at radius 2 is 1.88 bits per heavy atom. The summed E-state index contributed by atoms with van der Waals surface area (Å²) in [6, 6.07) is 13.3.